The molecule has 0 aromatic heterocycles. The first kappa shape index (κ1) is 18.1. The van der Waals surface area contributed by atoms with E-state index in [1.807, 2.05) is 13.8 Å². The minimum Gasteiger partial charge on any atom is -0.507 e. The number of halogens is 2. The fraction of sp³-hybridized carbons (Fsp3) is 0.611. The van der Waals surface area contributed by atoms with Gasteiger partial charge in [0.05, 0.1) is 12.2 Å². The molecule has 2 aliphatic rings. The van der Waals surface area contributed by atoms with E-state index in [9.17, 15) is 18.7 Å². The Hall–Kier alpha value is -1.73. The quantitative estimate of drug-likeness (QED) is 0.906. The van der Waals surface area contributed by atoms with Crippen LogP contribution in [0.5, 0.6) is 5.75 Å². The third-order valence-corrected chi connectivity index (χ3v) is 4.85. The van der Waals surface area contributed by atoms with E-state index in [0.29, 0.717) is 19.2 Å². The molecule has 1 aromatic rings. The van der Waals surface area contributed by atoms with Crippen LogP contribution >= 0.6 is 0 Å². The van der Waals surface area contributed by atoms with Gasteiger partial charge >= 0.3 is 0 Å². The fourth-order valence-corrected chi connectivity index (χ4v) is 3.94. The Morgan fingerprint density at radius 3 is 2.60 bits per heavy atom. The van der Waals surface area contributed by atoms with Crippen LogP contribution < -0.4 is 0 Å². The molecule has 0 radical (unpaired) electrons. The monoisotopic (exact) mass is 354 g/mol. The number of phenolic OH excluding ortho intramolecular Hbond substituents is 1. The van der Waals surface area contributed by atoms with Crippen LogP contribution in [0.1, 0.15) is 37.0 Å². The lowest BCUT2D eigenvalue weighted by molar-refractivity contribution is -0.0715. The predicted molar refractivity (Wildman–Crippen MR) is 88.5 cm³/mol. The van der Waals surface area contributed by atoms with Crippen molar-refractivity contribution >= 4 is 5.91 Å². The number of aromatic hydroxyl groups is 1. The minimum absolute atomic E-state index is 0.0474. The average molecular weight is 354 g/mol. The first-order valence-corrected chi connectivity index (χ1v) is 8.72. The molecule has 1 amide bonds. The molecule has 25 heavy (non-hydrogen) atoms. The number of ether oxygens (including phenoxy) is 1. The Labute approximate surface area is 146 Å². The molecule has 2 aliphatic heterocycles. The second kappa shape index (κ2) is 7.25. The number of amides is 1. The summed E-state index contributed by atoms with van der Waals surface area (Å²) in [5.74, 6) is -3.16. The molecule has 7 heteroatoms. The summed E-state index contributed by atoms with van der Waals surface area (Å²) in [6, 6.07) is 1.35. The van der Waals surface area contributed by atoms with Gasteiger partial charge in [-0.05, 0) is 26.7 Å². The molecule has 1 N–H and O–H groups in total. The van der Waals surface area contributed by atoms with E-state index in [4.69, 9.17) is 4.74 Å². The lowest BCUT2D eigenvalue weighted by Gasteiger charge is -2.38. The van der Waals surface area contributed by atoms with Crippen molar-refractivity contribution in [3.05, 3.63) is 29.3 Å². The van der Waals surface area contributed by atoms with Crippen molar-refractivity contribution < 1.29 is 23.4 Å². The highest BCUT2D eigenvalue weighted by molar-refractivity contribution is 5.97. The number of rotatable bonds is 3. The largest absolute Gasteiger partial charge is 0.507 e. The Morgan fingerprint density at radius 2 is 1.96 bits per heavy atom. The molecule has 5 nitrogen and oxygen atoms in total. The van der Waals surface area contributed by atoms with Gasteiger partial charge in [-0.3, -0.25) is 9.69 Å². The van der Waals surface area contributed by atoms with Crippen molar-refractivity contribution in [2.24, 2.45) is 0 Å². The van der Waals surface area contributed by atoms with Gasteiger partial charge in [0.2, 0.25) is 0 Å². The molecular formula is C18H24F2N2O3. The number of nitrogens with zero attached hydrogens (tertiary/aromatic N) is 2. The fourth-order valence-electron chi connectivity index (χ4n) is 3.94. The maximum Gasteiger partial charge on any atom is 0.260 e. The van der Waals surface area contributed by atoms with Crippen LogP contribution in [0.15, 0.2) is 12.1 Å². The second-order valence-electron chi connectivity index (χ2n) is 7.05. The third-order valence-electron chi connectivity index (χ3n) is 4.85. The van der Waals surface area contributed by atoms with Gasteiger partial charge in [0.15, 0.2) is 0 Å². The zero-order valence-electron chi connectivity index (χ0n) is 14.5. The van der Waals surface area contributed by atoms with Crippen molar-refractivity contribution in [2.75, 3.05) is 26.2 Å². The van der Waals surface area contributed by atoms with Crippen LogP contribution in [-0.4, -0.2) is 65.2 Å². The maximum absolute atomic E-state index is 14.0. The summed E-state index contributed by atoms with van der Waals surface area (Å²) >= 11 is 0. The van der Waals surface area contributed by atoms with E-state index in [2.05, 4.69) is 4.90 Å². The van der Waals surface area contributed by atoms with Gasteiger partial charge in [-0.2, -0.15) is 0 Å². The van der Waals surface area contributed by atoms with Gasteiger partial charge < -0.3 is 14.7 Å². The van der Waals surface area contributed by atoms with Crippen LogP contribution in [0.3, 0.4) is 0 Å². The molecule has 1 aromatic carbocycles. The number of phenols is 1. The predicted octanol–water partition coefficient (Wildman–Crippen LogP) is 2.38. The second-order valence-corrected chi connectivity index (χ2v) is 7.05. The number of hydrogen-bond donors (Lipinski definition) is 1. The molecule has 0 saturated carbocycles. The van der Waals surface area contributed by atoms with Gasteiger partial charge in [0, 0.05) is 44.4 Å². The van der Waals surface area contributed by atoms with Gasteiger partial charge in [-0.25, -0.2) is 8.78 Å². The Bertz CT molecular complexity index is 622. The number of morpholine rings is 1. The van der Waals surface area contributed by atoms with Gasteiger partial charge in [-0.15, -0.1) is 0 Å². The summed E-state index contributed by atoms with van der Waals surface area (Å²) < 4.78 is 32.9. The highest BCUT2D eigenvalue weighted by atomic mass is 19.1. The van der Waals surface area contributed by atoms with Crippen molar-refractivity contribution in [2.45, 2.75) is 44.9 Å². The number of carbonyl (C=O) groups is 1. The summed E-state index contributed by atoms with van der Waals surface area (Å²) in [4.78, 5) is 16.6. The van der Waals surface area contributed by atoms with Gasteiger partial charge in [0.25, 0.3) is 5.91 Å². The smallest absolute Gasteiger partial charge is 0.260 e. The van der Waals surface area contributed by atoms with Crippen LogP contribution in [0, 0.1) is 11.6 Å². The van der Waals surface area contributed by atoms with Gasteiger partial charge in [-0.1, -0.05) is 0 Å². The summed E-state index contributed by atoms with van der Waals surface area (Å²) in [5, 5.41) is 9.83. The van der Waals surface area contributed by atoms with E-state index < -0.39 is 28.9 Å². The van der Waals surface area contributed by atoms with E-state index in [-0.39, 0.29) is 18.2 Å². The normalized spacial score (nSPS) is 27.7. The molecule has 0 unspecified atom stereocenters. The maximum atomic E-state index is 14.0. The molecule has 2 heterocycles. The average Bonchev–Trinajstić information content (AvgIpc) is 2.92. The Balaban J connectivity index is 1.74. The van der Waals surface area contributed by atoms with Crippen LogP contribution in [-0.2, 0) is 4.74 Å². The van der Waals surface area contributed by atoms with E-state index in [1.165, 1.54) is 0 Å². The Morgan fingerprint density at radius 1 is 1.28 bits per heavy atom. The number of benzene rings is 1. The highest BCUT2D eigenvalue weighted by Crippen LogP contribution is 2.28. The van der Waals surface area contributed by atoms with Crippen molar-refractivity contribution in [3.8, 4) is 5.75 Å². The number of likely N-dealkylation sites (tertiary alicyclic amines) is 1. The van der Waals surface area contributed by atoms with Crippen LogP contribution in [0.2, 0.25) is 0 Å². The number of carbonyl (C=O) groups excluding carboxylic acids is 1. The lowest BCUT2D eigenvalue weighted by Crippen LogP contribution is -2.51. The SMILES string of the molecule is C[C@@H]1CN(C[C@@H]2CCCN2C(=O)c2c(O)cc(F)cc2F)C[C@@H](C)O1. The van der Waals surface area contributed by atoms with Crippen molar-refractivity contribution in [3.63, 3.8) is 0 Å². The highest BCUT2D eigenvalue weighted by Gasteiger charge is 2.35. The van der Waals surface area contributed by atoms with Crippen LogP contribution in [0.25, 0.3) is 0 Å². The van der Waals surface area contributed by atoms with Crippen LogP contribution in [0.4, 0.5) is 8.78 Å². The lowest BCUT2D eigenvalue weighted by atomic mass is 10.1. The summed E-state index contributed by atoms with van der Waals surface area (Å²) in [6.07, 6.45) is 1.92. The third kappa shape index (κ3) is 3.93. The molecule has 138 valence electrons. The summed E-state index contributed by atoms with van der Waals surface area (Å²) in [6.45, 7) is 6.82. The molecule has 0 aliphatic carbocycles. The topological polar surface area (TPSA) is 53.0 Å². The molecule has 0 spiro atoms. The summed E-state index contributed by atoms with van der Waals surface area (Å²) in [7, 11) is 0. The Kier molecular flexibility index (Phi) is 5.24. The summed E-state index contributed by atoms with van der Waals surface area (Å²) in [5.41, 5.74) is -0.447. The first-order valence-electron chi connectivity index (χ1n) is 8.72. The zero-order valence-corrected chi connectivity index (χ0v) is 14.5. The zero-order chi connectivity index (χ0) is 18.1. The van der Waals surface area contributed by atoms with E-state index in [1.54, 1.807) is 4.90 Å². The minimum atomic E-state index is -1.03. The standard InChI is InChI=1S/C18H24F2N2O3/c1-11-8-21(9-12(2)25-11)10-14-4-3-5-22(14)18(24)17-15(20)6-13(19)7-16(17)23/h6-7,11-12,14,23H,3-5,8-10H2,1-2H3/t11-,12-,14+/m1/s1. The molecule has 2 saturated heterocycles. The molecule has 3 rings (SSSR count). The number of hydrogen-bond acceptors (Lipinski definition) is 4. The van der Waals surface area contributed by atoms with Crippen molar-refractivity contribution in [1.82, 2.24) is 9.80 Å². The van der Waals surface area contributed by atoms with Crippen molar-refractivity contribution in [1.29, 1.82) is 0 Å². The first-order chi connectivity index (χ1) is 11.8. The molecular weight excluding hydrogens is 330 g/mol. The van der Waals surface area contributed by atoms with E-state index >= 15 is 0 Å². The molecule has 3 atom stereocenters. The van der Waals surface area contributed by atoms with E-state index in [0.717, 1.165) is 32.0 Å². The van der Waals surface area contributed by atoms with Gasteiger partial charge in [0.1, 0.15) is 22.9 Å². The molecule has 2 fully saturated rings. The molecule has 0 bridgehead atoms.